The second kappa shape index (κ2) is 6.53. The Balaban J connectivity index is 2.34. The molecule has 0 bridgehead atoms. The molecule has 1 heterocycles. The average molecular weight is 257 g/mol. The number of nitrogens with zero attached hydrogens (tertiary/aromatic N) is 2. The minimum absolute atomic E-state index is 0.221. The molecule has 2 rings (SSSR count). The van der Waals surface area contributed by atoms with E-state index in [1.54, 1.807) is 0 Å². The third-order valence-corrected chi connectivity index (χ3v) is 3.45. The smallest absolute Gasteiger partial charge is 0.0748 e. The minimum Gasteiger partial charge on any atom is -0.305 e. The SMILES string of the molecule is CCCNC(c1cccc(CC)c1)c1ccnn1C. The zero-order valence-electron chi connectivity index (χ0n) is 12.1. The third-order valence-electron chi connectivity index (χ3n) is 3.45. The van der Waals surface area contributed by atoms with Crippen molar-refractivity contribution in [2.24, 2.45) is 7.05 Å². The lowest BCUT2D eigenvalue weighted by Crippen LogP contribution is -2.25. The van der Waals surface area contributed by atoms with E-state index in [1.165, 1.54) is 16.8 Å². The molecule has 0 saturated heterocycles. The standard InChI is InChI=1S/C16H23N3/c1-4-10-17-16(15-9-11-18-19(15)3)14-8-6-7-13(5-2)12-14/h6-9,11-12,16-17H,4-5,10H2,1-3H3. The van der Waals surface area contributed by atoms with Crippen molar-refractivity contribution in [3.05, 3.63) is 53.3 Å². The fourth-order valence-corrected chi connectivity index (χ4v) is 2.34. The van der Waals surface area contributed by atoms with Crippen LogP contribution in [0.15, 0.2) is 36.5 Å². The Kier molecular flexibility index (Phi) is 4.74. The highest BCUT2D eigenvalue weighted by Crippen LogP contribution is 2.22. The first kappa shape index (κ1) is 13.8. The molecule has 0 saturated carbocycles. The summed E-state index contributed by atoms with van der Waals surface area (Å²) in [4.78, 5) is 0. The van der Waals surface area contributed by atoms with Crippen molar-refractivity contribution in [3.8, 4) is 0 Å². The highest BCUT2D eigenvalue weighted by molar-refractivity contribution is 5.31. The van der Waals surface area contributed by atoms with Crippen LogP contribution in [0.3, 0.4) is 0 Å². The maximum absolute atomic E-state index is 4.29. The molecule has 0 fully saturated rings. The largest absolute Gasteiger partial charge is 0.305 e. The number of aryl methyl sites for hydroxylation is 2. The van der Waals surface area contributed by atoms with Crippen molar-refractivity contribution in [1.29, 1.82) is 0 Å². The van der Waals surface area contributed by atoms with Gasteiger partial charge in [0.1, 0.15) is 0 Å². The average Bonchev–Trinajstić information content (AvgIpc) is 2.86. The van der Waals surface area contributed by atoms with Gasteiger partial charge < -0.3 is 5.32 Å². The molecule has 102 valence electrons. The molecule has 3 nitrogen and oxygen atoms in total. The second-order valence-electron chi connectivity index (χ2n) is 4.87. The summed E-state index contributed by atoms with van der Waals surface area (Å²) in [5, 5.41) is 7.91. The van der Waals surface area contributed by atoms with Crippen LogP contribution in [0.5, 0.6) is 0 Å². The highest BCUT2D eigenvalue weighted by Gasteiger charge is 2.16. The van der Waals surface area contributed by atoms with Gasteiger partial charge in [-0.15, -0.1) is 0 Å². The van der Waals surface area contributed by atoms with E-state index in [2.05, 4.69) is 54.6 Å². The molecule has 0 amide bonds. The summed E-state index contributed by atoms with van der Waals surface area (Å²) in [5.74, 6) is 0. The Morgan fingerprint density at radius 2 is 2.11 bits per heavy atom. The maximum atomic E-state index is 4.29. The molecule has 1 N–H and O–H groups in total. The molecule has 0 aliphatic rings. The highest BCUT2D eigenvalue weighted by atomic mass is 15.3. The zero-order valence-corrected chi connectivity index (χ0v) is 12.1. The maximum Gasteiger partial charge on any atom is 0.0748 e. The second-order valence-corrected chi connectivity index (χ2v) is 4.87. The van der Waals surface area contributed by atoms with Gasteiger partial charge in [-0.2, -0.15) is 5.10 Å². The molecule has 0 spiro atoms. The lowest BCUT2D eigenvalue weighted by molar-refractivity contribution is 0.553. The van der Waals surface area contributed by atoms with Gasteiger partial charge in [0.2, 0.25) is 0 Å². The summed E-state index contributed by atoms with van der Waals surface area (Å²) in [6.45, 7) is 5.39. The van der Waals surface area contributed by atoms with E-state index in [1.807, 2.05) is 17.9 Å². The van der Waals surface area contributed by atoms with Crippen molar-refractivity contribution in [1.82, 2.24) is 15.1 Å². The molecule has 1 atom stereocenters. The van der Waals surface area contributed by atoms with Gasteiger partial charge in [0.05, 0.1) is 11.7 Å². The molecule has 0 radical (unpaired) electrons. The topological polar surface area (TPSA) is 29.9 Å². The van der Waals surface area contributed by atoms with Gasteiger partial charge in [0, 0.05) is 13.2 Å². The molecule has 1 aromatic carbocycles. The van der Waals surface area contributed by atoms with E-state index in [0.29, 0.717) is 0 Å². The van der Waals surface area contributed by atoms with Crippen LogP contribution >= 0.6 is 0 Å². The van der Waals surface area contributed by atoms with Crippen LogP contribution in [0.2, 0.25) is 0 Å². The number of hydrogen-bond donors (Lipinski definition) is 1. The van der Waals surface area contributed by atoms with Gasteiger partial charge >= 0.3 is 0 Å². The fourth-order valence-electron chi connectivity index (χ4n) is 2.34. The normalized spacial score (nSPS) is 12.6. The summed E-state index contributed by atoms with van der Waals surface area (Å²) in [6, 6.07) is 11.1. The minimum atomic E-state index is 0.221. The molecular weight excluding hydrogens is 234 g/mol. The number of nitrogens with one attached hydrogen (secondary N) is 1. The van der Waals surface area contributed by atoms with Crippen molar-refractivity contribution >= 4 is 0 Å². The Hall–Kier alpha value is -1.61. The van der Waals surface area contributed by atoms with Crippen molar-refractivity contribution < 1.29 is 0 Å². The zero-order chi connectivity index (χ0) is 13.7. The van der Waals surface area contributed by atoms with Crippen LogP contribution in [-0.2, 0) is 13.5 Å². The van der Waals surface area contributed by atoms with E-state index in [4.69, 9.17) is 0 Å². The van der Waals surface area contributed by atoms with Gasteiger partial charge in [0.25, 0.3) is 0 Å². The molecule has 19 heavy (non-hydrogen) atoms. The number of benzene rings is 1. The van der Waals surface area contributed by atoms with Crippen LogP contribution in [0.1, 0.15) is 43.1 Å². The van der Waals surface area contributed by atoms with Gasteiger partial charge in [-0.3, -0.25) is 4.68 Å². The summed E-state index contributed by atoms with van der Waals surface area (Å²) in [7, 11) is 2.00. The summed E-state index contributed by atoms with van der Waals surface area (Å²) in [5.41, 5.74) is 3.90. The van der Waals surface area contributed by atoms with Crippen molar-refractivity contribution in [2.75, 3.05) is 6.54 Å². The van der Waals surface area contributed by atoms with E-state index in [-0.39, 0.29) is 6.04 Å². The Morgan fingerprint density at radius 1 is 1.26 bits per heavy atom. The van der Waals surface area contributed by atoms with Crippen LogP contribution in [-0.4, -0.2) is 16.3 Å². The van der Waals surface area contributed by atoms with Crippen LogP contribution in [0, 0.1) is 0 Å². The van der Waals surface area contributed by atoms with Gasteiger partial charge in [-0.05, 0) is 36.6 Å². The quantitative estimate of drug-likeness (QED) is 0.862. The van der Waals surface area contributed by atoms with E-state index < -0.39 is 0 Å². The first-order valence-corrected chi connectivity index (χ1v) is 7.06. The van der Waals surface area contributed by atoms with Gasteiger partial charge in [0.15, 0.2) is 0 Å². The summed E-state index contributed by atoms with van der Waals surface area (Å²) >= 11 is 0. The first-order valence-electron chi connectivity index (χ1n) is 7.06. The van der Waals surface area contributed by atoms with E-state index >= 15 is 0 Å². The molecule has 0 aliphatic carbocycles. The molecular formula is C16H23N3. The lowest BCUT2D eigenvalue weighted by Gasteiger charge is -2.20. The molecule has 0 aliphatic heterocycles. The monoisotopic (exact) mass is 257 g/mol. The predicted octanol–water partition coefficient (Wildman–Crippen LogP) is 3.07. The lowest BCUT2D eigenvalue weighted by atomic mass is 10.00. The number of hydrogen-bond acceptors (Lipinski definition) is 2. The van der Waals surface area contributed by atoms with Crippen molar-refractivity contribution in [3.63, 3.8) is 0 Å². The Bertz CT molecular complexity index is 516. The van der Waals surface area contributed by atoms with E-state index in [0.717, 1.165) is 19.4 Å². The van der Waals surface area contributed by atoms with Gasteiger partial charge in [-0.1, -0.05) is 38.1 Å². The fraction of sp³-hybridized carbons (Fsp3) is 0.438. The van der Waals surface area contributed by atoms with Crippen LogP contribution in [0.25, 0.3) is 0 Å². The molecule has 1 aromatic heterocycles. The first-order chi connectivity index (χ1) is 9.26. The number of aromatic nitrogens is 2. The van der Waals surface area contributed by atoms with Gasteiger partial charge in [-0.25, -0.2) is 0 Å². The van der Waals surface area contributed by atoms with Crippen LogP contribution < -0.4 is 5.32 Å². The van der Waals surface area contributed by atoms with Crippen LogP contribution in [0.4, 0.5) is 0 Å². The summed E-state index contributed by atoms with van der Waals surface area (Å²) < 4.78 is 1.95. The van der Waals surface area contributed by atoms with Crippen molar-refractivity contribution in [2.45, 2.75) is 32.7 Å². The predicted molar refractivity (Wildman–Crippen MR) is 79.2 cm³/mol. The summed E-state index contributed by atoms with van der Waals surface area (Å²) in [6.07, 6.45) is 4.06. The Morgan fingerprint density at radius 3 is 2.74 bits per heavy atom. The molecule has 2 aromatic rings. The number of rotatable bonds is 6. The Labute approximate surface area is 115 Å². The third kappa shape index (κ3) is 3.24. The van der Waals surface area contributed by atoms with E-state index in [9.17, 15) is 0 Å². The molecule has 1 unspecified atom stereocenters. The molecule has 3 heteroatoms.